The molecular weight excluding hydrogens is 210 g/mol. The first-order valence-corrected chi connectivity index (χ1v) is 6.41. The minimum atomic E-state index is 0.809. The number of hydrogen-bond donors (Lipinski definition) is 0. The summed E-state index contributed by atoms with van der Waals surface area (Å²) in [5.74, 6) is 0.989. The van der Waals surface area contributed by atoms with Crippen molar-refractivity contribution in [3.63, 3.8) is 0 Å². The average molecular weight is 231 g/mol. The van der Waals surface area contributed by atoms with Crippen molar-refractivity contribution in [2.24, 2.45) is 0 Å². The number of ether oxygens (including phenoxy) is 1. The molecule has 1 aromatic rings. The van der Waals surface area contributed by atoms with Gasteiger partial charge in [-0.15, -0.1) is 0 Å². The van der Waals surface area contributed by atoms with Crippen molar-refractivity contribution in [1.82, 2.24) is 4.90 Å². The second-order valence-corrected chi connectivity index (χ2v) is 4.58. The maximum Gasteiger partial charge on any atom is 0.119 e. The molecule has 0 spiro atoms. The molecule has 0 saturated carbocycles. The molecule has 0 atom stereocenters. The van der Waals surface area contributed by atoms with Gasteiger partial charge in [-0.2, -0.15) is 0 Å². The zero-order valence-corrected chi connectivity index (χ0v) is 10.6. The molecule has 17 heavy (non-hydrogen) atoms. The van der Waals surface area contributed by atoms with Crippen LogP contribution in [0.1, 0.15) is 18.4 Å². The number of hydrogen-bond acceptors (Lipinski definition) is 2. The van der Waals surface area contributed by atoms with E-state index in [0.717, 1.165) is 31.9 Å². The van der Waals surface area contributed by atoms with Gasteiger partial charge in [0.2, 0.25) is 0 Å². The van der Waals surface area contributed by atoms with Crippen molar-refractivity contribution in [2.45, 2.75) is 19.8 Å². The fourth-order valence-corrected chi connectivity index (χ4v) is 2.08. The highest BCUT2D eigenvalue weighted by Gasteiger charge is 2.04. The van der Waals surface area contributed by atoms with E-state index in [1.807, 2.05) is 12.1 Å². The minimum Gasteiger partial charge on any atom is -0.494 e. The van der Waals surface area contributed by atoms with Crippen molar-refractivity contribution in [3.8, 4) is 5.75 Å². The Morgan fingerprint density at radius 1 is 1.29 bits per heavy atom. The normalized spacial score (nSPS) is 16.1. The number of benzene rings is 1. The molecule has 0 unspecified atom stereocenters. The summed E-state index contributed by atoms with van der Waals surface area (Å²) >= 11 is 0. The molecule has 0 saturated heterocycles. The predicted molar refractivity (Wildman–Crippen MR) is 71.5 cm³/mol. The predicted octanol–water partition coefficient (Wildman–Crippen LogP) is 3.03. The Labute approximate surface area is 104 Å². The fraction of sp³-hybridized carbons (Fsp3) is 0.467. The van der Waals surface area contributed by atoms with Crippen LogP contribution in [-0.4, -0.2) is 31.1 Å². The first kappa shape index (κ1) is 12.2. The van der Waals surface area contributed by atoms with Crippen LogP contribution in [0.3, 0.4) is 0 Å². The third-order valence-electron chi connectivity index (χ3n) is 3.02. The Balaban J connectivity index is 1.64. The summed E-state index contributed by atoms with van der Waals surface area (Å²) < 4.78 is 5.73. The van der Waals surface area contributed by atoms with Crippen LogP contribution in [0, 0.1) is 6.92 Å². The zero-order chi connectivity index (χ0) is 11.9. The standard InChI is InChI=1S/C15H21NO/c1-14-7-5-8-15(13-14)17-12-6-11-16-9-3-2-4-10-16/h2-3,5,7-8,13H,4,6,9-12H2,1H3. The lowest BCUT2D eigenvalue weighted by molar-refractivity contribution is 0.247. The van der Waals surface area contributed by atoms with Gasteiger partial charge in [0, 0.05) is 19.6 Å². The van der Waals surface area contributed by atoms with Crippen LogP contribution in [0.5, 0.6) is 5.75 Å². The van der Waals surface area contributed by atoms with Crippen LogP contribution >= 0.6 is 0 Å². The maximum absolute atomic E-state index is 5.73. The third kappa shape index (κ3) is 4.23. The molecule has 0 aliphatic carbocycles. The highest BCUT2D eigenvalue weighted by Crippen LogP contribution is 2.12. The Kier molecular flexibility index (Phi) is 4.63. The van der Waals surface area contributed by atoms with Crippen molar-refractivity contribution in [3.05, 3.63) is 42.0 Å². The molecule has 0 amide bonds. The van der Waals surface area contributed by atoms with E-state index in [4.69, 9.17) is 4.74 Å². The molecule has 1 aliphatic heterocycles. The summed E-state index contributed by atoms with van der Waals surface area (Å²) in [7, 11) is 0. The van der Waals surface area contributed by atoms with Crippen LogP contribution < -0.4 is 4.74 Å². The van der Waals surface area contributed by atoms with Gasteiger partial charge in [-0.1, -0.05) is 24.3 Å². The molecule has 1 aromatic carbocycles. The topological polar surface area (TPSA) is 12.5 Å². The summed E-state index contributed by atoms with van der Waals surface area (Å²) in [4.78, 5) is 2.47. The van der Waals surface area contributed by atoms with Crippen LogP contribution in [0.4, 0.5) is 0 Å². The third-order valence-corrected chi connectivity index (χ3v) is 3.02. The van der Waals surface area contributed by atoms with Crippen molar-refractivity contribution >= 4 is 0 Å². The van der Waals surface area contributed by atoms with Crippen LogP contribution in [0.2, 0.25) is 0 Å². The van der Waals surface area contributed by atoms with Crippen molar-refractivity contribution in [1.29, 1.82) is 0 Å². The molecule has 0 bridgehead atoms. The quantitative estimate of drug-likeness (QED) is 0.570. The highest BCUT2D eigenvalue weighted by atomic mass is 16.5. The summed E-state index contributed by atoms with van der Waals surface area (Å²) in [5.41, 5.74) is 1.25. The first-order valence-electron chi connectivity index (χ1n) is 6.41. The SMILES string of the molecule is Cc1cccc(OCCCN2CC=CCC2)c1. The molecule has 92 valence electrons. The smallest absolute Gasteiger partial charge is 0.119 e. The van der Waals surface area contributed by atoms with Gasteiger partial charge < -0.3 is 4.74 Å². The minimum absolute atomic E-state index is 0.809. The molecule has 0 aromatic heterocycles. The lowest BCUT2D eigenvalue weighted by atomic mass is 10.2. The average Bonchev–Trinajstić information content (AvgIpc) is 2.36. The van der Waals surface area contributed by atoms with E-state index in [0.29, 0.717) is 0 Å². The molecular formula is C15H21NO. The van der Waals surface area contributed by atoms with E-state index < -0.39 is 0 Å². The second kappa shape index (κ2) is 6.45. The van der Waals surface area contributed by atoms with Gasteiger partial charge in [-0.3, -0.25) is 4.90 Å². The van der Waals surface area contributed by atoms with E-state index >= 15 is 0 Å². The van der Waals surface area contributed by atoms with Crippen LogP contribution in [0.25, 0.3) is 0 Å². The Bertz CT molecular complexity index is 373. The Hall–Kier alpha value is -1.28. The van der Waals surface area contributed by atoms with E-state index in [1.165, 1.54) is 18.5 Å². The summed E-state index contributed by atoms with van der Waals surface area (Å²) in [6, 6.07) is 8.24. The van der Waals surface area contributed by atoms with Crippen molar-refractivity contribution in [2.75, 3.05) is 26.2 Å². The summed E-state index contributed by atoms with van der Waals surface area (Å²) in [5, 5.41) is 0. The van der Waals surface area contributed by atoms with Gasteiger partial charge in [-0.25, -0.2) is 0 Å². The summed E-state index contributed by atoms with van der Waals surface area (Å²) in [6.45, 7) is 6.33. The zero-order valence-electron chi connectivity index (χ0n) is 10.6. The Morgan fingerprint density at radius 3 is 3.00 bits per heavy atom. The molecule has 1 heterocycles. The molecule has 1 aliphatic rings. The van der Waals surface area contributed by atoms with Gasteiger partial charge in [0.15, 0.2) is 0 Å². The number of aryl methyl sites for hydroxylation is 1. The number of rotatable bonds is 5. The largest absolute Gasteiger partial charge is 0.494 e. The highest BCUT2D eigenvalue weighted by molar-refractivity contribution is 5.27. The van der Waals surface area contributed by atoms with Crippen LogP contribution in [-0.2, 0) is 0 Å². The van der Waals surface area contributed by atoms with E-state index in [9.17, 15) is 0 Å². The van der Waals surface area contributed by atoms with Gasteiger partial charge in [0.25, 0.3) is 0 Å². The fourth-order valence-electron chi connectivity index (χ4n) is 2.08. The van der Waals surface area contributed by atoms with Gasteiger partial charge in [0.1, 0.15) is 5.75 Å². The van der Waals surface area contributed by atoms with E-state index in [1.54, 1.807) is 0 Å². The second-order valence-electron chi connectivity index (χ2n) is 4.58. The van der Waals surface area contributed by atoms with Gasteiger partial charge in [0.05, 0.1) is 6.61 Å². The summed E-state index contributed by atoms with van der Waals surface area (Å²) in [6.07, 6.45) is 6.81. The maximum atomic E-state index is 5.73. The van der Waals surface area contributed by atoms with Gasteiger partial charge in [-0.05, 0) is 37.5 Å². The Morgan fingerprint density at radius 2 is 2.24 bits per heavy atom. The molecule has 2 rings (SSSR count). The number of nitrogens with zero attached hydrogens (tertiary/aromatic N) is 1. The van der Waals surface area contributed by atoms with E-state index in [-0.39, 0.29) is 0 Å². The molecule has 2 heteroatoms. The van der Waals surface area contributed by atoms with E-state index in [2.05, 4.69) is 36.1 Å². The van der Waals surface area contributed by atoms with Crippen molar-refractivity contribution < 1.29 is 4.74 Å². The lowest BCUT2D eigenvalue weighted by Gasteiger charge is -2.22. The molecule has 2 nitrogen and oxygen atoms in total. The first-order chi connectivity index (χ1) is 8.34. The molecule has 0 N–H and O–H groups in total. The lowest BCUT2D eigenvalue weighted by Crippen LogP contribution is -2.29. The molecule has 0 fully saturated rings. The van der Waals surface area contributed by atoms with Crippen LogP contribution in [0.15, 0.2) is 36.4 Å². The monoisotopic (exact) mass is 231 g/mol. The van der Waals surface area contributed by atoms with Gasteiger partial charge >= 0.3 is 0 Å². The molecule has 0 radical (unpaired) electrons.